The Hall–Kier alpha value is -2.43. The van der Waals surface area contributed by atoms with Crippen LogP contribution in [0, 0.1) is 6.92 Å². The largest absolute Gasteiger partial charge is 0.504 e. The molecule has 5 nitrogen and oxygen atoms in total. The third-order valence-electron chi connectivity index (χ3n) is 2.80. The first-order valence-electron chi connectivity index (χ1n) is 5.30. The summed E-state index contributed by atoms with van der Waals surface area (Å²) >= 11 is 0. The van der Waals surface area contributed by atoms with E-state index in [9.17, 15) is 15.0 Å². The van der Waals surface area contributed by atoms with E-state index in [0.29, 0.717) is 10.9 Å². The number of phenols is 2. The number of anilines is 1. The molecule has 0 spiro atoms. The van der Waals surface area contributed by atoms with Crippen LogP contribution in [0.2, 0.25) is 0 Å². The van der Waals surface area contributed by atoms with E-state index in [1.54, 1.807) is 14.0 Å². The summed E-state index contributed by atoms with van der Waals surface area (Å²) < 4.78 is 5.12. The predicted octanol–water partition coefficient (Wildman–Crippen LogP) is 2.09. The maximum absolute atomic E-state index is 11.4. The summed E-state index contributed by atoms with van der Waals surface area (Å²) in [5.41, 5.74) is 0.581. The van der Waals surface area contributed by atoms with E-state index >= 15 is 0 Å². The molecule has 5 heteroatoms. The zero-order chi connectivity index (χ0) is 13.4. The Bertz CT molecular complexity index is 687. The van der Waals surface area contributed by atoms with Gasteiger partial charge in [-0.15, -0.1) is 0 Å². The third kappa shape index (κ3) is 1.69. The maximum atomic E-state index is 11.4. The van der Waals surface area contributed by atoms with E-state index in [2.05, 4.69) is 6.58 Å². The molecular weight excluding hydrogens is 234 g/mol. The van der Waals surface area contributed by atoms with Gasteiger partial charge in [-0.3, -0.25) is 0 Å². The van der Waals surface area contributed by atoms with Crippen molar-refractivity contribution in [3.63, 3.8) is 0 Å². The molecule has 1 heterocycles. The van der Waals surface area contributed by atoms with Crippen LogP contribution in [0.5, 0.6) is 11.5 Å². The first kappa shape index (κ1) is 12.0. The van der Waals surface area contributed by atoms with Gasteiger partial charge < -0.3 is 19.5 Å². The molecule has 0 bridgehead atoms. The van der Waals surface area contributed by atoms with Crippen LogP contribution >= 0.6 is 0 Å². The van der Waals surface area contributed by atoms with Crippen molar-refractivity contribution in [3.8, 4) is 11.5 Å². The lowest BCUT2D eigenvalue weighted by molar-refractivity contribution is 0.404. The van der Waals surface area contributed by atoms with Crippen LogP contribution in [-0.4, -0.2) is 17.3 Å². The highest BCUT2D eigenvalue weighted by molar-refractivity contribution is 5.96. The van der Waals surface area contributed by atoms with Crippen LogP contribution in [-0.2, 0) is 0 Å². The molecule has 94 valence electrons. The molecule has 0 aliphatic carbocycles. The fraction of sp³-hybridized carbons (Fsp3) is 0.154. The van der Waals surface area contributed by atoms with Crippen molar-refractivity contribution in [1.82, 2.24) is 0 Å². The smallest absolute Gasteiger partial charge is 0.336 e. The van der Waals surface area contributed by atoms with E-state index < -0.39 is 5.63 Å². The molecule has 0 saturated heterocycles. The zero-order valence-corrected chi connectivity index (χ0v) is 10.1. The topological polar surface area (TPSA) is 73.9 Å². The van der Waals surface area contributed by atoms with Crippen LogP contribution in [0.4, 0.5) is 5.69 Å². The number of hydrogen-bond acceptors (Lipinski definition) is 5. The molecule has 2 rings (SSSR count). The van der Waals surface area contributed by atoms with Gasteiger partial charge in [0, 0.05) is 18.5 Å². The lowest BCUT2D eigenvalue weighted by atomic mass is 10.1. The second kappa shape index (κ2) is 4.10. The summed E-state index contributed by atoms with van der Waals surface area (Å²) in [6.07, 6.45) is 1.44. The predicted molar refractivity (Wildman–Crippen MR) is 69.2 cm³/mol. The number of benzene rings is 1. The molecule has 18 heavy (non-hydrogen) atoms. The molecule has 0 aliphatic heterocycles. The van der Waals surface area contributed by atoms with Crippen LogP contribution in [0.1, 0.15) is 5.56 Å². The van der Waals surface area contributed by atoms with Crippen molar-refractivity contribution in [2.24, 2.45) is 0 Å². The summed E-state index contributed by atoms with van der Waals surface area (Å²) in [5.74, 6) is -0.623. The summed E-state index contributed by atoms with van der Waals surface area (Å²) in [4.78, 5) is 12.9. The lowest BCUT2D eigenvalue weighted by Crippen LogP contribution is -2.09. The molecule has 0 atom stereocenters. The Kier molecular flexibility index (Phi) is 2.74. The van der Waals surface area contributed by atoms with Gasteiger partial charge in [0.05, 0.1) is 0 Å². The monoisotopic (exact) mass is 247 g/mol. The average Bonchev–Trinajstić information content (AvgIpc) is 2.31. The second-order valence-corrected chi connectivity index (χ2v) is 4.01. The van der Waals surface area contributed by atoms with Gasteiger partial charge in [-0.1, -0.05) is 6.58 Å². The molecule has 1 aromatic carbocycles. The second-order valence-electron chi connectivity index (χ2n) is 4.01. The van der Waals surface area contributed by atoms with Gasteiger partial charge >= 0.3 is 5.63 Å². The normalized spacial score (nSPS) is 10.6. The minimum Gasteiger partial charge on any atom is -0.504 e. The van der Waals surface area contributed by atoms with Gasteiger partial charge in [0.1, 0.15) is 5.69 Å². The molecule has 2 N–H and O–H groups in total. The molecule has 0 saturated carbocycles. The van der Waals surface area contributed by atoms with Gasteiger partial charge in [0.15, 0.2) is 17.1 Å². The van der Waals surface area contributed by atoms with E-state index in [4.69, 9.17) is 4.42 Å². The Morgan fingerprint density at radius 3 is 2.67 bits per heavy atom. The highest BCUT2D eigenvalue weighted by atomic mass is 16.4. The first-order valence-corrected chi connectivity index (χ1v) is 5.30. The summed E-state index contributed by atoms with van der Waals surface area (Å²) in [6, 6.07) is 2.69. The fourth-order valence-corrected chi connectivity index (χ4v) is 1.83. The first-order chi connectivity index (χ1) is 8.45. The van der Waals surface area contributed by atoms with Crippen LogP contribution in [0.15, 0.2) is 34.1 Å². The fourth-order valence-electron chi connectivity index (χ4n) is 1.83. The Labute approximate surface area is 103 Å². The number of phenolic OH excluding ortho intramolecular Hbond substituents is 2. The van der Waals surface area contributed by atoms with Gasteiger partial charge in [-0.2, -0.15) is 0 Å². The average molecular weight is 247 g/mol. The molecule has 2 aromatic rings. The summed E-state index contributed by atoms with van der Waals surface area (Å²) in [5, 5.41) is 20.1. The third-order valence-corrected chi connectivity index (χ3v) is 2.80. The number of aryl methyl sites for hydroxylation is 1. The zero-order valence-electron chi connectivity index (χ0n) is 10.1. The van der Waals surface area contributed by atoms with Crippen molar-refractivity contribution in [1.29, 1.82) is 0 Å². The Morgan fingerprint density at radius 1 is 1.39 bits per heavy atom. The Balaban J connectivity index is 3.01. The van der Waals surface area contributed by atoms with Crippen molar-refractivity contribution in [3.05, 3.63) is 40.9 Å². The molecular formula is C13H13NO4. The minimum atomic E-state index is -0.510. The number of aromatic hydroxyl groups is 2. The van der Waals surface area contributed by atoms with Gasteiger partial charge in [0.25, 0.3) is 0 Å². The minimum absolute atomic E-state index is 0.209. The molecule has 1 aromatic heterocycles. The SMILES string of the molecule is C=CN(C)c1c(O)c(O)cc2c(C)cc(=O)oc12. The molecule has 0 amide bonds. The molecule has 0 aliphatic rings. The highest BCUT2D eigenvalue weighted by Gasteiger charge is 2.18. The number of fused-ring (bicyclic) bond motifs is 1. The van der Waals surface area contributed by atoms with E-state index in [1.807, 2.05) is 0 Å². The molecule has 0 fully saturated rings. The van der Waals surface area contributed by atoms with Crippen LogP contribution in [0.25, 0.3) is 11.0 Å². The van der Waals surface area contributed by atoms with Gasteiger partial charge in [-0.05, 0) is 24.8 Å². The summed E-state index contributed by atoms with van der Waals surface area (Å²) in [6.45, 7) is 5.30. The lowest BCUT2D eigenvalue weighted by Gasteiger charge is -2.17. The number of hydrogen-bond donors (Lipinski definition) is 2. The number of rotatable bonds is 2. The van der Waals surface area contributed by atoms with Crippen molar-refractivity contribution < 1.29 is 14.6 Å². The van der Waals surface area contributed by atoms with Crippen LogP contribution < -0.4 is 10.5 Å². The van der Waals surface area contributed by atoms with E-state index in [0.717, 1.165) is 0 Å². The van der Waals surface area contributed by atoms with Gasteiger partial charge in [0.2, 0.25) is 0 Å². The Morgan fingerprint density at radius 2 is 2.06 bits per heavy atom. The highest BCUT2D eigenvalue weighted by Crippen LogP contribution is 2.42. The van der Waals surface area contributed by atoms with E-state index in [1.165, 1.54) is 23.2 Å². The van der Waals surface area contributed by atoms with Crippen molar-refractivity contribution >= 4 is 16.7 Å². The maximum Gasteiger partial charge on any atom is 0.336 e. The number of nitrogens with zero attached hydrogens (tertiary/aromatic N) is 1. The molecule has 0 unspecified atom stereocenters. The van der Waals surface area contributed by atoms with Crippen molar-refractivity contribution in [2.75, 3.05) is 11.9 Å². The van der Waals surface area contributed by atoms with Crippen LogP contribution in [0.3, 0.4) is 0 Å². The standard InChI is InChI=1S/C13H13NO4/c1-4-14(3)11-12(17)9(15)6-8-7(2)5-10(16)18-13(8)11/h4-6,15,17H,1H2,2-3H3. The summed E-state index contributed by atoms with van der Waals surface area (Å²) in [7, 11) is 1.63. The van der Waals surface area contributed by atoms with E-state index in [-0.39, 0.29) is 22.8 Å². The molecule has 0 radical (unpaired) electrons. The quantitative estimate of drug-likeness (QED) is 0.628. The van der Waals surface area contributed by atoms with Gasteiger partial charge in [-0.25, -0.2) is 4.79 Å². The van der Waals surface area contributed by atoms with Crippen molar-refractivity contribution in [2.45, 2.75) is 6.92 Å².